The summed E-state index contributed by atoms with van der Waals surface area (Å²) in [6.45, 7) is 0. The molecule has 80 valence electrons. The van der Waals surface area contributed by atoms with E-state index in [1.54, 1.807) is 24.3 Å². The van der Waals surface area contributed by atoms with Gasteiger partial charge < -0.3 is 10.1 Å². The summed E-state index contributed by atoms with van der Waals surface area (Å²) in [6.07, 6.45) is 0. The van der Waals surface area contributed by atoms with Gasteiger partial charge in [0.15, 0.2) is 0 Å². The van der Waals surface area contributed by atoms with Crippen LogP contribution in [0.25, 0.3) is 0 Å². The van der Waals surface area contributed by atoms with E-state index in [4.69, 9.17) is 12.2 Å². The van der Waals surface area contributed by atoms with E-state index in [-0.39, 0.29) is 0 Å². The molecule has 15 heavy (non-hydrogen) atoms. The Balaban J connectivity index is 2.96. The Morgan fingerprint density at radius 3 is 2.73 bits per heavy atom. The van der Waals surface area contributed by atoms with Crippen molar-refractivity contribution in [3.8, 4) is 0 Å². The third-order valence-electron chi connectivity index (χ3n) is 1.74. The first-order chi connectivity index (χ1) is 7.19. The number of quaternary nitrogens is 1. The van der Waals surface area contributed by atoms with Gasteiger partial charge in [-0.1, -0.05) is 12.1 Å². The zero-order valence-electron chi connectivity index (χ0n) is 8.24. The standard InChI is InChI=1S/C9H11N3O2S/c1-14-8(13)6-4-2-3-5-7(6)11-9(15)12-10/h2-5H,10H2,1H3,(H2,11,12,15)/p+1. The van der Waals surface area contributed by atoms with Gasteiger partial charge in [-0.2, -0.15) is 0 Å². The van der Waals surface area contributed by atoms with Crippen molar-refractivity contribution in [1.82, 2.24) is 5.43 Å². The van der Waals surface area contributed by atoms with Gasteiger partial charge in [-0.05, 0) is 24.4 Å². The van der Waals surface area contributed by atoms with Crippen LogP contribution in [0.5, 0.6) is 0 Å². The quantitative estimate of drug-likeness (QED) is 0.373. The minimum atomic E-state index is -0.412. The summed E-state index contributed by atoms with van der Waals surface area (Å²) in [4.78, 5) is 11.4. The Bertz CT molecular complexity index is 381. The van der Waals surface area contributed by atoms with Gasteiger partial charge in [-0.3, -0.25) is 5.84 Å². The van der Waals surface area contributed by atoms with Crippen LogP contribution in [0.1, 0.15) is 10.4 Å². The second kappa shape index (κ2) is 5.28. The molecule has 0 aliphatic heterocycles. The summed E-state index contributed by atoms with van der Waals surface area (Å²) >= 11 is 4.88. The van der Waals surface area contributed by atoms with Crippen LogP contribution in [0.15, 0.2) is 24.3 Å². The maximum absolute atomic E-state index is 11.4. The molecule has 0 aliphatic rings. The van der Waals surface area contributed by atoms with Crippen LogP contribution in [0.4, 0.5) is 5.69 Å². The van der Waals surface area contributed by atoms with Gasteiger partial charge in [0.25, 0.3) is 0 Å². The molecule has 6 heteroatoms. The SMILES string of the molecule is COC(=O)c1ccccc1NC(=S)N[NH3+]. The van der Waals surface area contributed by atoms with Crippen LogP contribution in [-0.2, 0) is 4.74 Å². The molecule has 1 aromatic rings. The van der Waals surface area contributed by atoms with Crippen molar-refractivity contribution in [2.75, 3.05) is 12.4 Å². The number of ether oxygens (including phenoxy) is 1. The molecule has 1 rings (SSSR count). The first-order valence-electron chi connectivity index (χ1n) is 4.20. The summed E-state index contributed by atoms with van der Waals surface area (Å²) in [5.74, 6) is 2.99. The highest BCUT2D eigenvalue weighted by molar-refractivity contribution is 7.80. The van der Waals surface area contributed by atoms with E-state index in [1.165, 1.54) is 7.11 Å². The number of rotatable bonds is 2. The van der Waals surface area contributed by atoms with E-state index < -0.39 is 5.97 Å². The fourth-order valence-electron chi connectivity index (χ4n) is 1.05. The molecule has 5 N–H and O–H groups in total. The predicted octanol–water partition coefficient (Wildman–Crippen LogP) is -0.0835. The molecule has 0 aromatic heterocycles. The number of benzene rings is 1. The summed E-state index contributed by atoms with van der Waals surface area (Å²) in [5, 5.41) is 3.17. The van der Waals surface area contributed by atoms with Gasteiger partial charge in [0.05, 0.1) is 18.4 Å². The van der Waals surface area contributed by atoms with Crippen molar-refractivity contribution in [3.63, 3.8) is 0 Å². The number of nitrogens with one attached hydrogen (secondary N) is 2. The lowest BCUT2D eigenvalue weighted by Gasteiger charge is -2.09. The van der Waals surface area contributed by atoms with E-state index in [2.05, 4.69) is 21.3 Å². The number of carbonyl (C=O) groups is 1. The average Bonchev–Trinajstić information content (AvgIpc) is 2.28. The van der Waals surface area contributed by atoms with Crippen LogP contribution in [0.3, 0.4) is 0 Å². The summed E-state index contributed by atoms with van der Waals surface area (Å²) < 4.78 is 4.63. The molecule has 0 unspecified atom stereocenters. The summed E-state index contributed by atoms with van der Waals surface area (Å²) in [7, 11) is 1.33. The molecule has 0 amide bonds. The van der Waals surface area contributed by atoms with Gasteiger partial charge >= 0.3 is 5.97 Å². The molecular weight excluding hydrogens is 214 g/mol. The van der Waals surface area contributed by atoms with Crippen molar-refractivity contribution in [2.45, 2.75) is 0 Å². The van der Waals surface area contributed by atoms with Crippen molar-refractivity contribution < 1.29 is 15.4 Å². The number of thiocarbonyl (C=S) groups is 1. The Morgan fingerprint density at radius 1 is 1.47 bits per heavy atom. The van der Waals surface area contributed by atoms with Crippen molar-refractivity contribution in [1.29, 1.82) is 0 Å². The van der Waals surface area contributed by atoms with E-state index in [0.29, 0.717) is 16.4 Å². The van der Waals surface area contributed by atoms with E-state index in [1.807, 2.05) is 0 Å². The third kappa shape index (κ3) is 2.90. The van der Waals surface area contributed by atoms with E-state index in [9.17, 15) is 4.79 Å². The van der Waals surface area contributed by atoms with E-state index >= 15 is 0 Å². The van der Waals surface area contributed by atoms with Crippen LogP contribution in [0, 0.1) is 0 Å². The fourth-order valence-corrected chi connectivity index (χ4v) is 1.16. The predicted molar refractivity (Wildman–Crippen MR) is 60.0 cm³/mol. The van der Waals surface area contributed by atoms with Crippen molar-refractivity contribution >= 4 is 29.0 Å². The lowest BCUT2D eigenvalue weighted by atomic mass is 10.2. The molecular formula is C9H12N3O2S+. The number of para-hydroxylation sites is 1. The van der Waals surface area contributed by atoms with E-state index in [0.717, 1.165) is 0 Å². The first kappa shape index (κ1) is 11.4. The maximum atomic E-state index is 11.4. The van der Waals surface area contributed by atoms with Gasteiger partial charge in [-0.25, -0.2) is 10.2 Å². The Kier molecular flexibility index (Phi) is 4.02. The second-order valence-corrected chi connectivity index (χ2v) is 3.08. The molecule has 0 spiro atoms. The third-order valence-corrected chi connectivity index (χ3v) is 1.99. The zero-order chi connectivity index (χ0) is 11.3. The highest BCUT2D eigenvalue weighted by atomic mass is 32.1. The maximum Gasteiger partial charge on any atom is 0.339 e. The molecule has 0 saturated carbocycles. The molecule has 5 nitrogen and oxygen atoms in total. The van der Waals surface area contributed by atoms with Crippen LogP contribution < -0.4 is 16.6 Å². The lowest BCUT2D eigenvalue weighted by molar-refractivity contribution is -0.418. The van der Waals surface area contributed by atoms with Gasteiger partial charge in [0.1, 0.15) is 0 Å². The average molecular weight is 226 g/mol. The minimum Gasteiger partial charge on any atom is -0.465 e. The number of anilines is 1. The smallest absolute Gasteiger partial charge is 0.339 e. The molecule has 0 radical (unpaired) electrons. The molecule has 0 aliphatic carbocycles. The Labute approximate surface area is 92.6 Å². The highest BCUT2D eigenvalue weighted by Gasteiger charge is 2.11. The van der Waals surface area contributed by atoms with Crippen molar-refractivity contribution in [2.24, 2.45) is 0 Å². The Morgan fingerprint density at radius 2 is 2.13 bits per heavy atom. The summed E-state index contributed by atoms with van der Waals surface area (Å²) in [6, 6.07) is 6.92. The van der Waals surface area contributed by atoms with Gasteiger partial charge in [-0.15, -0.1) is 0 Å². The first-order valence-corrected chi connectivity index (χ1v) is 4.61. The normalized spacial score (nSPS) is 9.20. The number of methoxy groups -OCH3 is 1. The molecule has 0 heterocycles. The fraction of sp³-hybridized carbons (Fsp3) is 0.111. The molecule has 0 bridgehead atoms. The number of hydrogen-bond acceptors (Lipinski definition) is 3. The van der Waals surface area contributed by atoms with Gasteiger partial charge in [0.2, 0.25) is 5.11 Å². The lowest BCUT2D eigenvalue weighted by Crippen LogP contribution is -2.68. The Hall–Kier alpha value is -1.66. The number of hydrogen-bond donors (Lipinski definition) is 3. The minimum absolute atomic E-state index is 0.339. The highest BCUT2D eigenvalue weighted by Crippen LogP contribution is 2.15. The largest absolute Gasteiger partial charge is 0.465 e. The molecule has 0 fully saturated rings. The summed E-state index contributed by atoms with van der Waals surface area (Å²) in [5.41, 5.74) is 3.53. The monoisotopic (exact) mass is 226 g/mol. The van der Waals surface area contributed by atoms with Crippen LogP contribution >= 0.6 is 12.2 Å². The number of carbonyl (C=O) groups excluding carboxylic acids is 1. The topological polar surface area (TPSA) is 78.0 Å². The van der Waals surface area contributed by atoms with Crippen molar-refractivity contribution in [3.05, 3.63) is 29.8 Å². The van der Waals surface area contributed by atoms with Crippen LogP contribution in [0.2, 0.25) is 0 Å². The molecule has 0 atom stereocenters. The van der Waals surface area contributed by atoms with Crippen LogP contribution in [-0.4, -0.2) is 18.2 Å². The molecule has 1 aromatic carbocycles. The second-order valence-electron chi connectivity index (χ2n) is 2.67. The number of esters is 1. The molecule has 0 saturated heterocycles. The zero-order valence-corrected chi connectivity index (χ0v) is 9.06. The van der Waals surface area contributed by atoms with Gasteiger partial charge in [0, 0.05) is 0 Å².